The first-order valence-electron chi connectivity index (χ1n) is 6.95. The molecule has 1 aliphatic rings. The van der Waals surface area contributed by atoms with Crippen molar-refractivity contribution in [3.63, 3.8) is 0 Å². The van der Waals surface area contributed by atoms with Crippen molar-refractivity contribution in [2.75, 3.05) is 19.6 Å². The molecule has 1 aromatic rings. The minimum Gasteiger partial charge on any atom is -0.356 e. The van der Waals surface area contributed by atoms with Gasteiger partial charge in [-0.25, -0.2) is 0 Å². The van der Waals surface area contributed by atoms with Gasteiger partial charge in [0.2, 0.25) is 5.91 Å². The number of aryl methyl sites for hydroxylation is 1. The Hall–Kier alpha value is -0.100. The second-order valence-corrected chi connectivity index (χ2v) is 7.62. The van der Waals surface area contributed by atoms with Crippen LogP contribution in [0.1, 0.15) is 30.6 Å². The number of nitrogens with one attached hydrogen (secondary N) is 2. The van der Waals surface area contributed by atoms with Gasteiger partial charge in [-0.15, -0.1) is 23.7 Å². The minimum atomic E-state index is 0. The monoisotopic (exact) mass is 380 g/mol. The van der Waals surface area contributed by atoms with Gasteiger partial charge < -0.3 is 10.6 Å². The van der Waals surface area contributed by atoms with Crippen molar-refractivity contribution >= 4 is 45.6 Å². The number of piperidine rings is 1. The average Bonchev–Trinajstić information content (AvgIpc) is 2.83. The van der Waals surface area contributed by atoms with Gasteiger partial charge in [0.15, 0.2) is 0 Å². The molecule has 0 aliphatic carbocycles. The predicted molar refractivity (Wildman–Crippen MR) is 90.8 cm³/mol. The van der Waals surface area contributed by atoms with E-state index >= 15 is 0 Å². The van der Waals surface area contributed by atoms with Gasteiger partial charge in [-0.1, -0.05) is 0 Å². The molecule has 114 valence electrons. The molecule has 1 saturated heterocycles. The van der Waals surface area contributed by atoms with E-state index in [9.17, 15) is 4.79 Å². The van der Waals surface area contributed by atoms with Gasteiger partial charge in [0, 0.05) is 17.8 Å². The molecule has 2 N–H and O–H groups in total. The minimum absolute atomic E-state index is 0. The van der Waals surface area contributed by atoms with Crippen LogP contribution in [0.4, 0.5) is 0 Å². The normalized spacial score (nSPS) is 18.4. The van der Waals surface area contributed by atoms with E-state index in [1.165, 1.54) is 17.7 Å². The summed E-state index contributed by atoms with van der Waals surface area (Å²) in [4.78, 5) is 13.1. The van der Waals surface area contributed by atoms with E-state index in [2.05, 4.69) is 38.7 Å². The molecule has 0 saturated carbocycles. The molecule has 0 spiro atoms. The number of carbonyl (C=O) groups is 1. The molecule has 6 heteroatoms. The van der Waals surface area contributed by atoms with Crippen molar-refractivity contribution in [1.82, 2.24) is 10.6 Å². The summed E-state index contributed by atoms with van der Waals surface area (Å²) < 4.78 is 1.16. The SMILES string of the molecule is Cl.O=C(CCCc1ccc(Br)s1)NCC1CCCNC1. The summed E-state index contributed by atoms with van der Waals surface area (Å²) in [5, 5.41) is 6.43. The molecule has 20 heavy (non-hydrogen) atoms. The molecule has 2 heterocycles. The molecule has 1 fully saturated rings. The number of hydrogen-bond acceptors (Lipinski definition) is 3. The summed E-state index contributed by atoms with van der Waals surface area (Å²) in [6.45, 7) is 3.00. The Balaban J connectivity index is 0.00000200. The number of thiophene rings is 1. The molecule has 1 aromatic heterocycles. The van der Waals surface area contributed by atoms with Crippen LogP contribution in [0.5, 0.6) is 0 Å². The summed E-state index contributed by atoms with van der Waals surface area (Å²) in [7, 11) is 0. The summed E-state index contributed by atoms with van der Waals surface area (Å²) in [5.41, 5.74) is 0. The molecule has 1 unspecified atom stereocenters. The molecule has 1 atom stereocenters. The van der Waals surface area contributed by atoms with E-state index < -0.39 is 0 Å². The summed E-state index contributed by atoms with van der Waals surface area (Å²) in [6, 6.07) is 4.19. The number of halogens is 2. The highest BCUT2D eigenvalue weighted by molar-refractivity contribution is 9.11. The van der Waals surface area contributed by atoms with E-state index in [-0.39, 0.29) is 18.3 Å². The summed E-state index contributed by atoms with van der Waals surface area (Å²) in [6.07, 6.45) is 5.02. The quantitative estimate of drug-likeness (QED) is 0.793. The predicted octanol–water partition coefficient (Wildman–Crippen LogP) is 3.37. The van der Waals surface area contributed by atoms with Gasteiger partial charge in [0.1, 0.15) is 0 Å². The fourth-order valence-corrected chi connectivity index (χ4v) is 3.88. The Kier molecular flexibility index (Phi) is 8.77. The van der Waals surface area contributed by atoms with Crippen LogP contribution in [0.2, 0.25) is 0 Å². The van der Waals surface area contributed by atoms with Crippen molar-refractivity contribution in [2.24, 2.45) is 5.92 Å². The molecule has 2 rings (SSSR count). The fourth-order valence-electron chi connectivity index (χ4n) is 2.35. The molecule has 1 amide bonds. The maximum atomic E-state index is 11.7. The highest BCUT2D eigenvalue weighted by atomic mass is 79.9. The zero-order chi connectivity index (χ0) is 13.5. The molecule has 0 radical (unpaired) electrons. The van der Waals surface area contributed by atoms with Crippen LogP contribution in [0, 0.1) is 5.92 Å². The van der Waals surface area contributed by atoms with Crippen molar-refractivity contribution in [3.8, 4) is 0 Å². The second-order valence-electron chi connectivity index (χ2n) is 5.08. The third kappa shape index (κ3) is 6.57. The summed E-state index contributed by atoms with van der Waals surface area (Å²) in [5.74, 6) is 0.812. The van der Waals surface area contributed by atoms with Crippen LogP contribution in [-0.2, 0) is 11.2 Å². The lowest BCUT2D eigenvalue weighted by Gasteiger charge is -2.22. The highest BCUT2D eigenvalue weighted by Gasteiger charge is 2.13. The maximum Gasteiger partial charge on any atom is 0.220 e. The molecule has 3 nitrogen and oxygen atoms in total. The third-order valence-electron chi connectivity index (χ3n) is 3.44. The van der Waals surface area contributed by atoms with Gasteiger partial charge in [0.25, 0.3) is 0 Å². The Labute approximate surface area is 139 Å². The van der Waals surface area contributed by atoms with Gasteiger partial charge >= 0.3 is 0 Å². The zero-order valence-electron chi connectivity index (χ0n) is 11.5. The number of hydrogen-bond donors (Lipinski definition) is 2. The lowest BCUT2D eigenvalue weighted by Crippen LogP contribution is -2.38. The van der Waals surface area contributed by atoms with Gasteiger partial charge in [-0.3, -0.25) is 4.79 Å². The number of rotatable bonds is 6. The van der Waals surface area contributed by atoms with Gasteiger partial charge in [-0.2, -0.15) is 0 Å². The van der Waals surface area contributed by atoms with Crippen LogP contribution >= 0.6 is 39.7 Å². The van der Waals surface area contributed by atoms with Crippen molar-refractivity contribution in [1.29, 1.82) is 0 Å². The maximum absolute atomic E-state index is 11.7. The molecule has 0 bridgehead atoms. The zero-order valence-corrected chi connectivity index (χ0v) is 14.7. The largest absolute Gasteiger partial charge is 0.356 e. The Morgan fingerprint density at radius 1 is 1.50 bits per heavy atom. The first-order chi connectivity index (χ1) is 9.24. The van der Waals surface area contributed by atoms with Crippen LogP contribution in [0.25, 0.3) is 0 Å². The first kappa shape index (κ1) is 18.0. The average molecular weight is 382 g/mol. The number of amides is 1. The van der Waals surface area contributed by atoms with E-state index in [4.69, 9.17) is 0 Å². The van der Waals surface area contributed by atoms with E-state index in [1.54, 1.807) is 11.3 Å². The van der Waals surface area contributed by atoms with E-state index in [0.29, 0.717) is 12.3 Å². The first-order valence-corrected chi connectivity index (χ1v) is 8.56. The van der Waals surface area contributed by atoms with E-state index in [0.717, 1.165) is 36.3 Å². The molecule has 0 aromatic carbocycles. The fraction of sp³-hybridized carbons (Fsp3) is 0.643. The molecule has 1 aliphatic heterocycles. The van der Waals surface area contributed by atoms with Crippen molar-refractivity contribution in [2.45, 2.75) is 32.1 Å². The Morgan fingerprint density at radius 2 is 2.35 bits per heavy atom. The molecular formula is C14H22BrClN2OS. The van der Waals surface area contributed by atoms with Crippen LogP contribution in [-0.4, -0.2) is 25.5 Å². The topological polar surface area (TPSA) is 41.1 Å². The standard InChI is InChI=1S/C14H21BrN2OS.ClH/c15-13-7-6-12(19-13)4-1-5-14(18)17-10-11-3-2-8-16-9-11;/h6-7,11,16H,1-5,8-10H2,(H,17,18);1H. The Bertz CT molecular complexity index is 408. The van der Waals surface area contributed by atoms with Crippen molar-refractivity contribution < 1.29 is 4.79 Å². The molecular weight excluding hydrogens is 360 g/mol. The lowest BCUT2D eigenvalue weighted by molar-refractivity contribution is -0.121. The lowest BCUT2D eigenvalue weighted by atomic mass is 10.00. The smallest absolute Gasteiger partial charge is 0.220 e. The van der Waals surface area contributed by atoms with E-state index in [1.807, 2.05) is 0 Å². The summed E-state index contributed by atoms with van der Waals surface area (Å²) >= 11 is 5.21. The van der Waals surface area contributed by atoms with Crippen LogP contribution in [0.3, 0.4) is 0 Å². The number of carbonyl (C=O) groups excluding carboxylic acids is 1. The van der Waals surface area contributed by atoms with Crippen LogP contribution in [0.15, 0.2) is 15.9 Å². The second kappa shape index (κ2) is 9.77. The highest BCUT2D eigenvalue weighted by Crippen LogP contribution is 2.23. The van der Waals surface area contributed by atoms with Gasteiger partial charge in [-0.05, 0) is 72.8 Å². The third-order valence-corrected chi connectivity index (χ3v) is 5.13. The Morgan fingerprint density at radius 3 is 3.00 bits per heavy atom. The van der Waals surface area contributed by atoms with Crippen LogP contribution < -0.4 is 10.6 Å². The van der Waals surface area contributed by atoms with Crippen molar-refractivity contribution in [3.05, 3.63) is 20.8 Å². The van der Waals surface area contributed by atoms with Gasteiger partial charge in [0.05, 0.1) is 3.79 Å².